The molecule has 0 aliphatic rings. The molecule has 1 aromatic carbocycles. The molecule has 0 bridgehead atoms. The normalized spacial score (nSPS) is 9.64. The van der Waals surface area contributed by atoms with E-state index in [-0.39, 0.29) is 0 Å². The summed E-state index contributed by atoms with van der Waals surface area (Å²) in [5, 5.41) is 10.7. The van der Waals surface area contributed by atoms with Gasteiger partial charge in [-0.25, -0.2) is 8.78 Å². The van der Waals surface area contributed by atoms with Gasteiger partial charge in [0, 0.05) is 12.1 Å². The summed E-state index contributed by atoms with van der Waals surface area (Å²) in [6.45, 7) is 0. The van der Waals surface area contributed by atoms with Crippen LogP contribution in [0.4, 0.5) is 14.5 Å². The smallest absolute Gasteiger partial charge is 0.179 e. The van der Waals surface area contributed by atoms with E-state index in [9.17, 15) is 13.7 Å². The maximum absolute atomic E-state index is 12.4. The first-order chi connectivity index (χ1) is 5.15. The van der Waals surface area contributed by atoms with Crippen LogP contribution in [0.1, 0.15) is 0 Å². The minimum atomic E-state index is -1.17. The van der Waals surface area contributed by atoms with Crippen molar-refractivity contribution in [3.63, 3.8) is 0 Å². The van der Waals surface area contributed by atoms with E-state index in [0.29, 0.717) is 12.1 Å². The number of aromatic hydroxyl groups is 1. The van der Waals surface area contributed by atoms with Crippen LogP contribution in [0.25, 0.3) is 0 Å². The topological polar surface area (TPSA) is 49.7 Å². The van der Waals surface area contributed by atoms with E-state index in [1.165, 1.54) is 0 Å². The molecule has 1 aromatic rings. The molecule has 0 amide bonds. The summed E-state index contributed by atoms with van der Waals surface area (Å²) in [5.74, 6) is -2.91. The number of nitrogens with zero attached hydrogens (tertiary/aromatic N) is 1. The quantitative estimate of drug-likeness (QED) is 0.637. The number of phenolic OH excluding ortho intramolecular Hbond substituents is 1. The number of rotatable bonds is 1. The minimum Gasteiger partial charge on any atom is -0.508 e. The maximum atomic E-state index is 12.4. The molecule has 0 unspecified atom stereocenters. The molecule has 0 atom stereocenters. The van der Waals surface area contributed by atoms with E-state index in [1.54, 1.807) is 0 Å². The van der Waals surface area contributed by atoms with Gasteiger partial charge in [-0.1, -0.05) is 0 Å². The van der Waals surface area contributed by atoms with Crippen molar-refractivity contribution in [2.45, 2.75) is 0 Å². The number of benzene rings is 1. The van der Waals surface area contributed by atoms with Gasteiger partial charge >= 0.3 is 0 Å². The Morgan fingerprint density at radius 1 is 1.27 bits per heavy atom. The molecule has 0 heterocycles. The van der Waals surface area contributed by atoms with Crippen LogP contribution in [0, 0.1) is 16.5 Å². The SMILES string of the molecule is O=Nc1c(F)cc(O)cc1F. The Kier molecular flexibility index (Phi) is 1.80. The van der Waals surface area contributed by atoms with Crippen LogP contribution in [-0.2, 0) is 0 Å². The number of nitroso groups, excluding NO2 is 1. The van der Waals surface area contributed by atoms with Gasteiger partial charge in [-0.3, -0.25) is 0 Å². The van der Waals surface area contributed by atoms with Crippen molar-refractivity contribution in [3.8, 4) is 5.75 Å². The summed E-state index contributed by atoms with van der Waals surface area (Å²) in [5.41, 5.74) is -0.914. The average Bonchev–Trinajstić information content (AvgIpc) is 1.85. The summed E-state index contributed by atoms with van der Waals surface area (Å²) in [7, 11) is 0. The predicted octanol–water partition coefficient (Wildman–Crippen LogP) is 2.07. The molecular weight excluding hydrogens is 156 g/mol. The van der Waals surface area contributed by atoms with Crippen molar-refractivity contribution in [2.24, 2.45) is 5.18 Å². The number of phenols is 1. The molecule has 3 nitrogen and oxygen atoms in total. The molecule has 11 heavy (non-hydrogen) atoms. The molecule has 5 heteroatoms. The molecule has 0 aromatic heterocycles. The first kappa shape index (κ1) is 7.59. The monoisotopic (exact) mass is 159 g/mol. The summed E-state index contributed by atoms with van der Waals surface area (Å²) < 4.78 is 24.8. The maximum Gasteiger partial charge on any atom is 0.179 e. The fraction of sp³-hybridized carbons (Fsp3) is 0. The summed E-state index contributed by atoms with van der Waals surface area (Å²) in [4.78, 5) is 9.75. The van der Waals surface area contributed by atoms with Gasteiger partial charge < -0.3 is 5.11 Å². The van der Waals surface area contributed by atoms with Crippen molar-refractivity contribution in [2.75, 3.05) is 0 Å². The standard InChI is InChI=1S/C6H3F2NO2/c7-4-1-3(10)2-5(8)6(4)9-11/h1-2,10H. The van der Waals surface area contributed by atoms with Crippen molar-refractivity contribution in [3.05, 3.63) is 28.7 Å². The van der Waals surface area contributed by atoms with Gasteiger partial charge in [0.2, 0.25) is 0 Å². The highest BCUT2D eigenvalue weighted by Gasteiger charge is 2.10. The highest BCUT2D eigenvalue weighted by atomic mass is 19.1. The number of hydrogen-bond donors (Lipinski definition) is 1. The van der Waals surface area contributed by atoms with Crippen molar-refractivity contribution < 1.29 is 13.9 Å². The molecular formula is C6H3F2NO2. The minimum absolute atomic E-state index is 0.576. The second kappa shape index (κ2) is 2.61. The summed E-state index contributed by atoms with van der Waals surface area (Å²) in [6.07, 6.45) is 0. The van der Waals surface area contributed by atoms with Crippen LogP contribution in [0.15, 0.2) is 17.3 Å². The van der Waals surface area contributed by atoms with Crippen LogP contribution < -0.4 is 0 Å². The number of halogens is 2. The third kappa shape index (κ3) is 1.31. The lowest BCUT2D eigenvalue weighted by molar-refractivity contribution is 0.461. The Bertz CT molecular complexity index is 278. The third-order valence-electron chi connectivity index (χ3n) is 1.09. The molecule has 0 spiro atoms. The zero-order valence-corrected chi connectivity index (χ0v) is 5.21. The van der Waals surface area contributed by atoms with E-state index < -0.39 is 23.1 Å². The van der Waals surface area contributed by atoms with Crippen molar-refractivity contribution in [1.82, 2.24) is 0 Å². The molecule has 1 rings (SSSR count). The molecule has 0 aliphatic heterocycles. The zero-order valence-electron chi connectivity index (χ0n) is 5.21. The van der Waals surface area contributed by atoms with E-state index in [1.807, 2.05) is 0 Å². The van der Waals surface area contributed by atoms with Gasteiger partial charge in [-0.05, 0) is 5.18 Å². The fourth-order valence-corrected chi connectivity index (χ4v) is 0.639. The molecule has 0 saturated carbocycles. The Morgan fingerprint density at radius 3 is 2.09 bits per heavy atom. The lowest BCUT2D eigenvalue weighted by Gasteiger charge is -1.95. The largest absolute Gasteiger partial charge is 0.508 e. The summed E-state index contributed by atoms with van der Waals surface area (Å²) >= 11 is 0. The molecule has 1 N–H and O–H groups in total. The first-order valence-corrected chi connectivity index (χ1v) is 2.66. The predicted molar refractivity (Wildman–Crippen MR) is 33.5 cm³/mol. The lowest BCUT2D eigenvalue weighted by atomic mass is 10.3. The molecule has 0 fully saturated rings. The first-order valence-electron chi connectivity index (χ1n) is 2.66. The van der Waals surface area contributed by atoms with Gasteiger partial charge in [-0.15, -0.1) is 4.91 Å². The second-order valence-electron chi connectivity index (χ2n) is 1.85. The van der Waals surface area contributed by atoms with Gasteiger partial charge in [-0.2, -0.15) is 0 Å². The van der Waals surface area contributed by atoms with Gasteiger partial charge in [0.25, 0.3) is 0 Å². The van der Waals surface area contributed by atoms with Gasteiger partial charge in [0.05, 0.1) is 0 Å². The van der Waals surface area contributed by atoms with Gasteiger partial charge in [0.15, 0.2) is 17.3 Å². The summed E-state index contributed by atoms with van der Waals surface area (Å²) in [6, 6.07) is 1.22. The van der Waals surface area contributed by atoms with E-state index in [0.717, 1.165) is 0 Å². The molecule has 0 saturated heterocycles. The van der Waals surface area contributed by atoms with E-state index >= 15 is 0 Å². The number of hydrogen-bond acceptors (Lipinski definition) is 3. The van der Waals surface area contributed by atoms with Gasteiger partial charge in [0.1, 0.15) is 5.75 Å². The third-order valence-corrected chi connectivity index (χ3v) is 1.09. The van der Waals surface area contributed by atoms with E-state index in [4.69, 9.17) is 5.11 Å². The highest BCUT2D eigenvalue weighted by Crippen LogP contribution is 2.25. The zero-order chi connectivity index (χ0) is 8.43. The Balaban J connectivity index is 3.36. The van der Waals surface area contributed by atoms with Crippen LogP contribution in [0.5, 0.6) is 5.75 Å². The van der Waals surface area contributed by atoms with Crippen molar-refractivity contribution >= 4 is 5.69 Å². The second-order valence-corrected chi connectivity index (χ2v) is 1.85. The van der Waals surface area contributed by atoms with Crippen LogP contribution in [0.2, 0.25) is 0 Å². The molecule has 0 aliphatic carbocycles. The average molecular weight is 159 g/mol. The van der Waals surface area contributed by atoms with Crippen LogP contribution >= 0.6 is 0 Å². The van der Waals surface area contributed by atoms with E-state index in [2.05, 4.69) is 5.18 Å². The van der Waals surface area contributed by atoms with Crippen molar-refractivity contribution in [1.29, 1.82) is 0 Å². The molecule has 0 radical (unpaired) electrons. The highest BCUT2D eigenvalue weighted by molar-refractivity contribution is 5.43. The van der Waals surface area contributed by atoms with Crippen LogP contribution in [0.3, 0.4) is 0 Å². The Labute approximate surface area is 60.3 Å². The van der Waals surface area contributed by atoms with Crippen LogP contribution in [-0.4, -0.2) is 5.11 Å². The fourth-order valence-electron chi connectivity index (χ4n) is 0.639. The Hall–Kier alpha value is -1.52. The molecule has 58 valence electrons. The lowest BCUT2D eigenvalue weighted by Crippen LogP contribution is -1.81. The Morgan fingerprint density at radius 2 is 1.73 bits per heavy atom.